The SMILES string of the molecule is CCCOC(=O)C1OC(Oc2ccc(C[C@H](c3ccc(C(C)(C)O)nc3)c3ccc(OC(F)F)c(OC4CC4)c3)cn2)C(O)C(O)C1O. The smallest absolute Gasteiger partial charge is 0.387 e. The number of nitrogens with zero attached hydrogens (tertiary/aromatic N) is 2. The lowest BCUT2D eigenvalue weighted by Crippen LogP contribution is -2.61. The van der Waals surface area contributed by atoms with E-state index in [2.05, 4.69) is 9.97 Å². The van der Waals surface area contributed by atoms with E-state index >= 15 is 0 Å². The predicted molar refractivity (Wildman–Crippen MR) is 165 cm³/mol. The van der Waals surface area contributed by atoms with Gasteiger partial charge in [-0.15, -0.1) is 0 Å². The molecule has 3 heterocycles. The Morgan fingerprint density at radius 1 is 0.958 bits per heavy atom. The van der Waals surface area contributed by atoms with Crippen LogP contribution in [0.5, 0.6) is 17.4 Å². The van der Waals surface area contributed by atoms with Gasteiger partial charge in [-0.25, -0.2) is 9.78 Å². The van der Waals surface area contributed by atoms with Crippen molar-refractivity contribution in [3.8, 4) is 17.4 Å². The van der Waals surface area contributed by atoms with E-state index in [1.807, 2.05) is 6.07 Å². The van der Waals surface area contributed by atoms with Crippen LogP contribution < -0.4 is 14.2 Å². The van der Waals surface area contributed by atoms with E-state index in [-0.39, 0.29) is 36.0 Å². The molecule has 5 unspecified atom stereocenters. The van der Waals surface area contributed by atoms with E-state index < -0.39 is 48.9 Å². The highest BCUT2D eigenvalue weighted by molar-refractivity contribution is 5.75. The molecule has 2 aromatic heterocycles. The number of aliphatic hydroxyl groups excluding tert-OH is 3. The van der Waals surface area contributed by atoms with Gasteiger partial charge in [-0.1, -0.05) is 25.1 Å². The Labute approximate surface area is 276 Å². The predicted octanol–water partition coefficient (Wildman–Crippen LogP) is 3.36. The molecule has 0 spiro atoms. The number of esters is 1. The Balaban J connectivity index is 1.38. The van der Waals surface area contributed by atoms with E-state index in [1.54, 1.807) is 51.2 Å². The Kier molecular flexibility index (Phi) is 11.1. The minimum absolute atomic E-state index is 0.00781. The summed E-state index contributed by atoms with van der Waals surface area (Å²) >= 11 is 0. The van der Waals surface area contributed by atoms with Gasteiger partial charge in [0.25, 0.3) is 0 Å². The van der Waals surface area contributed by atoms with Crippen molar-refractivity contribution in [3.05, 3.63) is 77.2 Å². The van der Waals surface area contributed by atoms with Crippen LogP contribution in [0.2, 0.25) is 0 Å². The lowest BCUT2D eigenvalue weighted by Gasteiger charge is -2.38. The molecule has 6 atom stereocenters. The summed E-state index contributed by atoms with van der Waals surface area (Å²) in [7, 11) is 0. The standard InChI is InChI=1S/C34H40F2N2O10/c1-4-13-44-31(42)30-28(40)27(39)29(41)32(48-30)47-26-12-5-18(16-38-26)14-22(20-7-11-25(37-17-20)34(2,3)43)19-6-10-23(46-33(35)36)24(15-19)45-21-8-9-21/h5-7,10-12,15-17,21-22,27-30,32-33,39-41,43H,4,8-9,13-14H2,1-3H3/t22-,27?,28?,29?,30?,32?/m0/s1. The zero-order chi connectivity index (χ0) is 34.6. The number of hydrogen-bond acceptors (Lipinski definition) is 12. The minimum Gasteiger partial charge on any atom is -0.487 e. The summed E-state index contributed by atoms with van der Waals surface area (Å²) in [6.07, 6.45) is -2.63. The molecule has 1 aromatic carbocycles. The summed E-state index contributed by atoms with van der Waals surface area (Å²) < 4.78 is 53.1. The molecule has 48 heavy (non-hydrogen) atoms. The van der Waals surface area contributed by atoms with Gasteiger partial charge in [-0.3, -0.25) is 4.98 Å². The summed E-state index contributed by atoms with van der Waals surface area (Å²) in [6, 6.07) is 11.6. The maximum atomic E-state index is 13.1. The highest BCUT2D eigenvalue weighted by Gasteiger charge is 2.48. The Morgan fingerprint density at radius 2 is 1.71 bits per heavy atom. The number of rotatable bonds is 14. The van der Waals surface area contributed by atoms with E-state index in [1.165, 1.54) is 18.3 Å². The van der Waals surface area contributed by atoms with Crippen molar-refractivity contribution in [2.75, 3.05) is 6.61 Å². The first-order chi connectivity index (χ1) is 22.8. The molecule has 260 valence electrons. The topological polar surface area (TPSA) is 170 Å². The first kappa shape index (κ1) is 35.4. The number of pyridine rings is 2. The van der Waals surface area contributed by atoms with E-state index in [0.717, 1.165) is 29.5 Å². The number of halogens is 2. The van der Waals surface area contributed by atoms with Crippen molar-refractivity contribution < 1.29 is 57.7 Å². The van der Waals surface area contributed by atoms with Crippen LogP contribution >= 0.6 is 0 Å². The second-order valence-corrected chi connectivity index (χ2v) is 12.4. The second kappa shape index (κ2) is 15.1. The fourth-order valence-corrected chi connectivity index (χ4v) is 5.17. The summed E-state index contributed by atoms with van der Waals surface area (Å²) in [5.41, 5.74) is 1.55. The average Bonchev–Trinajstić information content (AvgIpc) is 3.88. The molecule has 1 aliphatic carbocycles. The highest BCUT2D eigenvalue weighted by atomic mass is 19.3. The molecule has 1 aliphatic heterocycles. The van der Waals surface area contributed by atoms with Gasteiger partial charge < -0.3 is 44.1 Å². The molecule has 1 saturated heterocycles. The monoisotopic (exact) mass is 674 g/mol. The lowest BCUT2D eigenvalue weighted by atomic mass is 9.86. The minimum atomic E-state index is -3.02. The Hall–Kier alpha value is -3.95. The molecule has 12 nitrogen and oxygen atoms in total. The van der Waals surface area contributed by atoms with Crippen LogP contribution in [-0.4, -0.2) is 86.4 Å². The van der Waals surface area contributed by atoms with Gasteiger partial charge in [0.2, 0.25) is 12.2 Å². The first-order valence-corrected chi connectivity index (χ1v) is 15.8. The van der Waals surface area contributed by atoms with Crippen molar-refractivity contribution in [2.45, 2.75) is 101 Å². The van der Waals surface area contributed by atoms with Crippen molar-refractivity contribution in [1.29, 1.82) is 0 Å². The highest BCUT2D eigenvalue weighted by Crippen LogP contribution is 2.39. The van der Waals surface area contributed by atoms with Crippen LogP contribution in [-0.2, 0) is 26.3 Å². The van der Waals surface area contributed by atoms with Crippen molar-refractivity contribution in [1.82, 2.24) is 9.97 Å². The fraction of sp³-hybridized carbons (Fsp3) is 0.500. The van der Waals surface area contributed by atoms with Gasteiger partial charge in [-0.2, -0.15) is 8.78 Å². The molecule has 14 heteroatoms. The maximum absolute atomic E-state index is 13.1. The molecular weight excluding hydrogens is 634 g/mol. The van der Waals surface area contributed by atoms with Crippen LogP contribution in [0.1, 0.15) is 68.3 Å². The number of ether oxygens (including phenoxy) is 5. The van der Waals surface area contributed by atoms with Gasteiger partial charge in [0.1, 0.15) is 23.9 Å². The fourth-order valence-electron chi connectivity index (χ4n) is 5.17. The van der Waals surface area contributed by atoms with Crippen LogP contribution in [0.4, 0.5) is 8.78 Å². The number of carbonyl (C=O) groups excluding carboxylic acids is 1. The van der Waals surface area contributed by atoms with Crippen LogP contribution in [0.15, 0.2) is 54.9 Å². The molecule has 4 N–H and O–H groups in total. The summed E-state index contributed by atoms with van der Waals surface area (Å²) in [5.74, 6) is -1.11. The normalized spacial score (nSPS) is 23.4. The lowest BCUT2D eigenvalue weighted by molar-refractivity contribution is -0.273. The summed E-state index contributed by atoms with van der Waals surface area (Å²) in [4.78, 5) is 21.2. The number of alkyl halides is 2. The second-order valence-electron chi connectivity index (χ2n) is 12.4. The molecule has 0 bridgehead atoms. The molecule has 1 saturated carbocycles. The van der Waals surface area contributed by atoms with Crippen LogP contribution in [0.25, 0.3) is 0 Å². The molecule has 2 aliphatic rings. The molecule has 2 fully saturated rings. The number of benzene rings is 1. The number of hydrogen-bond donors (Lipinski definition) is 4. The van der Waals surface area contributed by atoms with E-state index in [4.69, 9.17) is 23.7 Å². The largest absolute Gasteiger partial charge is 0.487 e. The van der Waals surface area contributed by atoms with Crippen molar-refractivity contribution in [2.24, 2.45) is 0 Å². The number of aromatic nitrogens is 2. The van der Waals surface area contributed by atoms with Gasteiger partial charge in [0, 0.05) is 24.4 Å². The van der Waals surface area contributed by atoms with Crippen LogP contribution in [0.3, 0.4) is 0 Å². The molecule has 0 radical (unpaired) electrons. The third-order valence-electron chi connectivity index (χ3n) is 7.94. The van der Waals surface area contributed by atoms with E-state index in [0.29, 0.717) is 18.5 Å². The van der Waals surface area contributed by atoms with Gasteiger partial charge >= 0.3 is 12.6 Å². The average molecular weight is 675 g/mol. The molecule has 0 amide bonds. The first-order valence-electron chi connectivity index (χ1n) is 15.8. The zero-order valence-corrected chi connectivity index (χ0v) is 26.7. The third kappa shape index (κ3) is 8.74. The molecular formula is C34H40F2N2O10. The Morgan fingerprint density at radius 3 is 2.31 bits per heavy atom. The Bertz CT molecular complexity index is 1520. The zero-order valence-electron chi connectivity index (χ0n) is 26.7. The summed E-state index contributed by atoms with van der Waals surface area (Å²) in [6.45, 7) is 2.11. The maximum Gasteiger partial charge on any atom is 0.387 e. The van der Waals surface area contributed by atoms with Gasteiger partial charge in [0.05, 0.1) is 18.4 Å². The third-order valence-corrected chi connectivity index (χ3v) is 7.94. The number of carbonyl (C=O) groups is 1. The van der Waals surface area contributed by atoms with Gasteiger partial charge in [0.15, 0.2) is 17.6 Å². The number of aliphatic hydroxyl groups is 4. The van der Waals surface area contributed by atoms with Crippen molar-refractivity contribution in [3.63, 3.8) is 0 Å². The molecule has 5 rings (SSSR count). The molecule has 3 aromatic rings. The summed E-state index contributed by atoms with van der Waals surface area (Å²) in [5, 5.41) is 41.5. The van der Waals surface area contributed by atoms with Gasteiger partial charge in [-0.05, 0) is 74.4 Å². The quantitative estimate of drug-likeness (QED) is 0.184. The van der Waals surface area contributed by atoms with Crippen molar-refractivity contribution >= 4 is 5.97 Å². The van der Waals surface area contributed by atoms with Crippen LogP contribution in [0, 0.1) is 0 Å². The van der Waals surface area contributed by atoms with E-state index in [9.17, 15) is 34.0 Å².